The van der Waals surface area contributed by atoms with Crippen molar-refractivity contribution in [1.82, 2.24) is 10.2 Å². The fourth-order valence-electron chi connectivity index (χ4n) is 3.32. The highest BCUT2D eigenvalue weighted by atomic mass is 16.3. The Morgan fingerprint density at radius 1 is 1.42 bits per heavy atom. The van der Waals surface area contributed by atoms with E-state index < -0.39 is 5.60 Å². The van der Waals surface area contributed by atoms with E-state index in [2.05, 4.69) is 17.3 Å². The highest BCUT2D eigenvalue weighted by Gasteiger charge is 2.17. The number of carbonyl (C=O) groups is 1. The molecule has 1 saturated heterocycles. The topological polar surface area (TPSA) is 52.6 Å². The number of likely N-dealkylation sites (tertiary alicyclic amines) is 1. The molecular weight excluding hydrogens is 300 g/mol. The van der Waals surface area contributed by atoms with Gasteiger partial charge in [0.05, 0.1) is 5.60 Å². The lowest BCUT2D eigenvalue weighted by Gasteiger charge is -2.29. The number of hydrogen-bond acceptors (Lipinski definition) is 3. The summed E-state index contributed by atoms with van der Waals surface area (Å²) in [4.78, 5) is 14.7. The van der Waals surface area contributed by atoms with Crippen molar-refractivity contribution >= 4 is 5.91 Å². The van der Waals surface area contributed by atoms with E-state index in [-0.39, 0.29) is 5.91 Å². The number of piperidine rings is 1. The summed E-state index contributed by atoms with van der Waals surface area (Å²) >= 11 is 0. The Labute approximate surface area is 146 Å². The van der Waals surface area contributed by atoms with Gasteiger partial charge in [-0.2, -0.15) is 0 Å². The van der Waals surface area contributed by atoms with Crippen molar-refractivity contribution in [2.24, 2.45) is 5.92 Å². The fourth-order valence-corrected chi connectivity index (χ4v) is 3.32. The van der Waals surface area contributed by atoms with Crippen LogP contribution in [0.4, 0.5) is 0 Å². The Morgan fingerprint density at radius 3 is 2.92 bits per heavy atom. The maximum atomic E-state index is 12.3. The third kappa shape index (κ3) is 6.62. The number of benzene rings is 1. The largest absolute Gasteiger partial charge is 0.390 e. The van der Waals surface area contributed by atoms with Gasteiger partial charge in [-0.1, -0.05) is 12.1 Å². The summed E-state index contributed by atoms with van der Waals surface area (Å²) in [5.41, 5.74) is 1.13. The predicted octanol–water partition coefficient (Wildman–Crippen LogP) is 2.85. The molecule has 4 heteroatoms. The van der Waals surface area contributed by atoms with E-state index in [9.17, 15) is 9.90 Å². The minimum Gasteiger partial charge on any atom is -0.390 e. The van der Waals surface area contributed by atoms with Crippen LogP contribution >= 0.6 is 0 Å². The molecule has 1 aliphatic rings. The van der Waals surface area contributed by atoms with E-state index >= 15 is 0 Å². The zero-order valence-electron chi connectivity index (χ0n) is 15.3. The van der Waals surface area contributed by atoms with Gasteiger partial charge < -0.3 is 15.3 Å². The second-order valence-corrected chi connectivity index (χ2v) is 7.83. The molecule has 0 radical (unpaired) electrons. The van der Waals surface area contributed by atoms with Crippen molar-refractivity contribution in [1.29, 1.82) is 0 Å². The van der Waals surface area contributed by atoms with Gasteiger partial charge in [0.1, 0.15) is 0 Å². The number of carbonyl (C=O) groups excluding carboxylic acids is 1. The molecule has 0 spiro atoms. The Bertz CT molecular complexity index is 537. The molecule has 0 saturated carbocycles. The molecule has 0 unspecified atom stereocenters. The summed E-state index contributed by atoms with van der Waals surface area (Å²) in [6, 6.07) is 7.73. The van der Waals surface area contributed by atoms with Crippen LogP contribution in [0.25, 0.3) is 0 Å². The van der Waals surface area contributed by atoms with E-state index in [4.69, 9.17) is 0 Å². The predicted molar refractivity (Wildman–Crippen MR) is 98.2 cm³/mol. The Morgan fingerprint density at radius 2 is 2.21 bits per heavy atom. The Kier molecular flexibility index (Phi) is 6.81. The van der Waals surface area contributed by atoms with E-state index in [0.29, 0.717) is 17.9 Å². The van der Waals surface area contributed by atoms with Crippen molar-refractivity contribution in [2.45, 2.75) is 51.6 Å². The first-order chi connectivity index (χ1) is 11.3. The van der Waals surface area contributed by atoms with Gasteiger partial charge in [0.15, 0.2) is 0 Å². The SMILES string of the molecule is CN1CCC[C@@H](CCNC(=O)c2cccc(CCC(C)(C)O)c2)C1. The lowest BCUT2D eigenvalue weighted by atomic mass is 9.95. The van der Waals surface area contributed by atoms with Gasteiger partial charge in [-0.3, -0.25) is 4.79 Å². The normalized spacial score (nSPS) is 19.2. The molecule has 0 aliphatic carbocycles. The van der Waals surface area contributed by atoms with Gasteiger partial charge in [-0.05, 0) is 83.2 Å². The smallest absolute Gasteiger partial charge is 0.251 e. The number of rotatable bonds is 7. The fraction of sp³-hybridized carbons (Fsp3) is 0.650. The second kappa shape index (κ2) is 8.63. The number of aryl methyl sites for hydroxylation is 1. The van der Waals surface area contributed by atoms with E-state index in [0.717, 1.165) is 31.5 Å². The van der Waals surface area contributed by atoms with Crippen molar-refractivity contribution in [3.63, 3.8) is 0 Å². The third-order valence-electron chi connectivity index (χ3n) is 4.77. The number of nitrogens with zero attached hydrogens (tertiary/aromatic N) is 1. The van der Waals surface area contributed by atoms with Crippen LogP contribution in [0, 0.1) is 5.92 Å². The van der Waals surface area contributed by atoms with Gasteiger partial charge in [-0.25, -0.2) is 0 Å². The summed E-state index contributed by atoms with van der Waals surface area (Å²) in [6.07, 6.45) is 5.05. The molecule has 24 heavy (non-hydrogen) atoms. The Balaban J connectivity index is 1.79. The summed E-state index contributed by atoms with van der Waals surface area (Å²) in [5.74, 6) is 0.700. The maximum Gasteiger partial charge on any atom is 0.251 e. The van der Waals surface area contributed by atoms with Crippen molar-refractivity contribution < 1.29 is 9.90 Å². The van der Waals surface area contributed by atoms with Crippen molar-refractivity contribution in [3.05, 3.63) is 35.4 Å². The van der Waals surface area contributed by atoms with Gasteiger partial charge in [0.25, 0.3) is 5.91 Å². The minimum absolute atomic E-state index is 0.00396. The number of aliphatic hydroxyl groups is 1. The molecule has 2 N–H and O–H groups in total. The van der Waals surface area contributed by atoms with E-state index in [1.54, 1.807) is 0 Å². The minimum atomic E-state index is -0.675. The molecule has 1 aliphatic heterocycles. The standard InChI is InChI=1S/C20H32N2O2/c1-20(2,24)11-9-16-6-4-8-18(14-16)19(23)21-12-10-17-7-5-13-22(3)15-17/h4,6,8,14,17,24H,5,7,9-13,15H2,1-3H3,(H,21,23)/t17-/m0/s1. The lowest BCUT2D eigenvalue weighted by Crippen LogP contribution is -2.34. The molecule has 1 fully saturated rings. The second-order valence-electron chi connectivity index (χ2n) is 7.83. The lowest BCUT2D eigenvalue weighted by molar-refractivity contribution is 0.0714. The highest BCUT2D eigenvalue weighted by molar-refractivity contribution is 5.94. The van der Waals surface area contributed by atoms with Crippen LogP contribution in [0.15, 0.2) is 24.3 Å². The molecule has 4 nitrogen and oxygen atoms in total. The molecule has 1 heterocycles. The molecule has 0 aromatic heterocycles. The summed E-state index contributed by atoms with van der Waals surface area (Å²) < 4.78 is 0. The quantitative estimate of drug-likeness (QED) is 0.807. The molecule has 1 amide bonds. The zero-order valence-corrected chi connectivity index (χ0v) is 15.3. The summed E-state index contributed by atoms with van der Waals surface area (Å²) in [5, 5.41) is 12.9. The van der Waals surface area contributed by atoms with Crippen LogP contribution < -0.4 is 5.32 Å². The van der Waals surface area contributed by atoms with Crippen molar-refractivity contribution in [2.75, 3.05) is 26.7 Å². The maximum absolute atomic E-state index is 12.3. The molecule has 1 aromatic rings. The van der Waals surface area contributed by atoms with Crippen molar-refractivity contribution in [3.8, 4) is 0 Å². The first-order valence-electron chi connectivity index (χ1n) is 9.11. The van der Waals surface area contributed by atoms with Gasteiger partial charge in [-0.15, -0.1) is 0 Å². The van der Waals surface area contributed by atoms with Gasteiger partial charge >= 0.3 is 0 Å². The molecule has 2 rings (SSSR count). The first kappa shape index (κ1) is 18.9. The van der Waals surface area contributed by atoms with Gasteiger partial charge in [0.2, 0.25) is 0 Å². The third-order valence-corrected chi connectivity index (χ3v) is 4.77. The van der Waals surface area contributed by atoms with Gasteiger partial charge in [0, 0.05) is 18.7 Å². The molecular formula is C20H32N2O2. The number of amides is 1. The average molecular weight is 332 g/mol. The number of nitrogens with one attached hydrogen (secondary N) is 1. The Hall–Kier alpha value is -1.39. The van der Waals surface area contributed by atoms with Crippen LogP contribution in [-0.4, -0.2) is 48.2 Å². The van der Waals surface area contributed by atoms with E-state index in [1.807, 2.05) is 38.1 Å². The van der Waals surface area contributed by atoms with Crippen LogP contribution in [0.2, 0.25) is 0 Å². The number of hydrogen-bond donors (Lipinski definition) is 2. The van der Waals surface area contributed by atoms with Crippen LogP contribution in [-0.2, 0) is 6.42 Å². The van der Waals surface area contributed by atoms with Crippen LogP contribution in [0.5, 0.6) is 0 Å². The average Bonchev–Trinajstić information content (AvgIpc) is 2.52. The summed E-state index contributed by atoms with van der Waals surface area (Å²) in [6.45, 7) is 6.70. The zero-order chi connectivity index (χ0) is 17.6. The molecule has 1 aromatic carbocycles. The van der Waals surface area contributed by atoms with Crippen LogP contribution in [0.3, 0.4) is 0 Å². The van der Waals surface area contributed by atoms with E-state index in [1.165, 1.54) is 19.4 Å². The molecule has 0 bridgehead atoms. The summed E-state index contributed by atoms with van der Waals surface area (Å²) in [7, 11) is 2.17. The van der Waals surface area contributed by atoms with Crippen LogP contribution in [0.1, 0.15) is 55.5 Å². The highest BCUT2D eigenvalue weighted by Crippen LogP contribution is 2.18. The molecule has 1 atom stereocenters. The first-order valence-corrected chi connectivity index (χ1v) is 9.11. The monoisotopic (exact) mass is 332 g/mol. The molecule has 134 valence electrons.